The maximum atomic E-state index is 13.2. The molecule has 1 saturated heterocycles. The zero-order valence-electron chi connectivity index (χ0n) is 22.8. The first kappa shape index (κ1) is 27.9. The van der Waals surface area contributed by atoms with E-state index < -0.39 is 17.7 Å². The molecule has 7 heteroatoms. The smallest absolute Gasteiger partial charge is 0.295 e. The summed E-state index contributed by atoms with van der Waals surface area (Å²) in [5, 5.41) is 11.2. The number of ketones is 1. The fourth-order valence-corrected chi connectivity index (χ4v) is 4.77. The molecule has 3 aromatic carbocycles. The molecular weight excluding hydrogens is 492 g/mol. The van der Waals surface area contributed by atoms with E-state index in [2.05, 4.69) is 18.7 Å². The van der Waals surface area contributed by atoms with Crippen LogP contribution in [0.15, 0.2) is 84.4 Å². The van der Waals surface area contributed by atoms with E-state index in [4.69, 9.17) is 9.47 Å². The molecule has 1 amide bonds. The molecule has 0 radical (unpaired) electrons. The number of hydrogen-bond donors (Lipinski definition) is 1. The lowest BCUT2D eigenvalue weighted by atomic mass is 9.95. The highest BCUT2D eigenvalue weighted by Crippen LogP contribution is 2.39. The van der Waals surface area contributed by atoms with Gasteiger partial charge in [-0.25, -0.2) is 0 Å². The van der Waals surface area contributed by atoms with Gasteiger partial charge in [0.2, 0.25) is 0 Å². The van der Waals surface area contributed by atoms with Crippen LogP contribution < -0.4 is 9.47 Å². The minimum absolute atomic E-state index is 0.103. The van der Waals surface area contributed by atoms with Gasteiger partial charge < -0.3 is 24.4 Å². The summed E-state index contributed by atoms with van der Waals surface area (Å²) in [5.74, 6) is 0.0375. The Morgan fingerprint density at radius 3 is 2.18 bits per heavy atom. The molecule has 0 saturated carbocycles. The summed E-state index contributed by atoms with van der Waals surface area (Å²) in [4.78, 5) is 30.2. The highest BCUT2D eigenvalue weighted by Gasteiger charge is 2.45. The number of likely N-dealkylation sites (N-methyl/N-ethyl adjacent to an activating group) is 1. The second kappa shape index (κ2) is 13.1. The Balaban J connectivity index is 1.55. The molecule has 1 atom stereocenters. The summed E-state index contributed by atoms with van der Waals surface area (Å²) in [7, 11) is 0. The van der Waals surface area contributed by atoms with Gasteiger partial charge in [-0.2, -0.15) is 0 Å². The summed E-state index contributed by atoms with van der Waals surface area (Å²) in [6.07, 6.45) is 0. The zero-order chi connectivity index (χ0) is 27.8. The van der Waals surface area contributed by atoms with E-state index in [0.29, 0.717) is 37.6 Å². The molecule has 0 bridgehead atoms. The van der Waals surface area contributed by atoms with E-state index >= 15 is 0 Å². The van der Waals surface area contributed by atoms with E-state index in [1.54, 1.807) is 29.2 Å². The largest absolute Gasteiger partial charge is 0.507 e. The molecule has 204 valence electrons. The molecule has 1 fully saturated rings. The highest BCUT2D eigenvalue weighted by atomic mass is 16.5. The maximum absolute atomic E-state index is 13.2. The molecule has 0 aromatic heterocycles. The van der Waals surface area contributed by atoms with Crippen molar-refractivity contribution in [3.8, 4) is 11.5 Å². The summed E-state index contributed by atoms with van der Waals surface area (Å²) in [6, 6.07) is 23.3. The van der Waals surface area contributed by atoms with Gasteiger partial charge in [-0.3, -0.25) is 9.59 Å². The monoisotopic (exact) mass is 528 g/mol. The van der Waals surface area contributed by atoms with Gasteiger partial charge in [-0.15, -0.1) is 0 Å². The van der Waals surface area contributed by atoms with Crippen LogP contribution in [0.25, 0.3) is 5.76 Å². The van der Waals surface area contributed by atoms with Gasteiger partial charge in [-0.05, 0) is 49.3 Å². The lowest BCUT2D eigenvalue weighted by Crippen LogP contribution is -2.38. The van der Waals surface area contributed by atoms with Crippen molar-refractivity contribution in [2.75, 3.05) is 39.4 Å². The van der Waals surface area contributed by atoms with E-state index in [1.807, 2.05) is 61.5 Å². The van der Waals surface area contributed by atoms with Gasteiger partial charge in [-0.1, -0.05) is 74.5 Å². The molecule has 0 aliphatic carbocycles. The summed E-state index contributed by atoms with van der Waals surface area (Å²) in [5.41, 5.74) is 2.40. The number of aryl methyl sites for hydroxylation is 1. The first-order chi connectivity index (χ1) is 18.9. The van der Waals surface area contributed by atoms with Crippen molar-refractivity contribution in [3.05, 3.63) is 101 Å². The second-order valence-electron chi connectivity index (χ2n) is 9.42. The van der Waals surface area contributed by atoms with Gasteiger partial charge in [0.05, 0.1) is 11.6 Å². The Hall–Kier alpha value is -4.10. The average Bonchev–Trinajstić information content (AvgIpc) is 3.22. The zero-order valence-corrected chi connectivity index (χ0v) is 22.8. The normalized spacial score (nSPS) is 16.6. The number of ether oxygens (including phenoxy) is 2. The molecule has 1 aliphatic rings. The Labute approximate surface area is 230 Å². The van der Waals surface area contributed by atoms with Crippen molar-refractivity contribution in [2.45, 2.75) is 26.8 Å². The molecule has 1 unspecified atom stereocenters. The first-order valence-corrected chi connectivity index (χ1v) is 13.4. The van der Waals surface area contributed by atoms with Crippen LogP contribution in [-0.2, 0) is 9.59 Å². The summed E-state index contributed by atoms with van der Waals surface area (Å²) < 4.78 is 11.7. The number of para-hydroxylation sites is 1. The molecule has 1 heterocycles. The number of rotatable bonds is 12. The predicted octanol–water partition coefficient (Wildman–Crippen LogP) is 5.22. The third-order valence-corrected chi connectivity index (χ3v) is 7.04. The van der Waals surface area contributed by atoms with Crippen molar-refractivity contribution in [1.29, 1.82) is 0 Å². The number of amides is 1. The van der Waals surface area contributed by atoms with Crippen molar-refractivity contribution >= 4 is 17.4 Å². The molecule has 7 nitrogen and oxygen atoms in total. The second-order valence-corrected chi connectivity index (χ2v) is 9.42. The molecule has 4 rings (SSSR count). The minimum Gasteiger partial charge on any atom is -0.507 e. The third-order valence-electron chi connectivity index (χ3n) is 7.04. The van der Waals surface area contributed by atoms with Gasteiger partial charge >= 0.3 is 0 Å². The molecule has 1 aliphatic heterocycles. The van der Waals surface area contributed by atoms with E-state index in [9.17, 15) is 14.7 Å². The summed E-state index contributed by atoms with van der Waals surface area (Å²) in [6.45, 7) is 9.57. The van der Waals surface area contributed by atoms with Crippen LogP contribution in [0.5, 0.6) is 11.5 Å². The average molecular weight is 529 g/mol. The lowest BCUT2D eigenvalue weighted by molar-refractivity contribution is -0.140. The van der Waals surface area contributed by atoms with Gasteiger partial charge in [0.25, 0.3) is 11.7 Å². The molecular formula is C32H36N2O5. The Bertz CT molecular complexity index is 1300. The van der Waals surface area contributed by atoms with Crippen LogP contribution in [0.4, 0.5) is 0 Å². The number of Topliss-reactive ketones (excluding diaryl/α,β-unsaturated/α-hetero) is 1. The van der Waals surface area contributed by atoms with E-state index in [-0.39, 0.29) is 11.3 Å². The highest BCUT2D eigenvalue weighted by molar-refractivity contribution is 6.46. The van der Waals surface area contributed by atoms with E-state index in [0.717, 1.165) is 30.0 Å². The van der Waals surface area contributed by atoms with Crippen LogP contribution in [0.2, 0.25) is 0 Å². The minimum atomic E-state index is -0.695. The number of aliphatic hydroxyl groups is 1. The summed E-state index contributed by atoms with van der Waals surface area (Å²) >= 11 is 0. The number of likely N-dealkylation sites (tertiary alicyclic amines) is 1. The van der Waals surface area contributed by atoms with Gasteiger partial charge in [0.1, 0.15) is 30.5 Å². The van der Waals surface area contributed by atoms with Crippen molar-refractivity contribution < 1.29 is 24.2 Å². The number of nitrogens with zero attached hydrogens (tertiary/aromatic N) is 2. The predicted molar refractivity (Wildman–Crippen MR) is 152 cm³/mol. The quantitative estimate of drug-likeness (QED) is 0.150. The topological polar surface area (TPSA) is 79.3 Å². The molecule has 39 heavy (non-hydrogen) atoms. The van der Waals surface area contributed by atoms with Crippen molar-refractivity contribution in [1.82, 2.24) is 9.80 Å². The standard InChI is InChI=1S/C32H36N2O5/c1-4-33(5-2)19-20-34-29(28(31(36)32(34)37)30(35)25-12-7-6-8-13-25)24-15-17-26(18-16-24)38-21-22-39-27-14-10-9-11-23(27)3/h6-18,29,35H,4-5,19-22H2,1-3H3. The van der Waals surface area contributed by atoms with Gasteiger partial charge in [0, 0.05) is 18.7 Å². The number of carbonyl (C=O) groups excluding carboxylic acids is 2. The van der Waals surface area contributed by atoms with Crippen LogP contribution in [-0.4, -0.2) is 66.0 Å². The Morgan fingerprint density at radius 2 is 1.51 bits per heavy atom. The maximum Gasteiger partial charge on any atom is 0.295 e. The fraction of sp³-hybridized carbons (Fsp3) is 0.312. The number of aliphatic hydroxyl groups excluding tert-OH is 1. The van der Waals surface area contributed by atoms with Gasteiger partial charge in [0.15, 0.2) is 0 Å². The van der Waals surface area contributed by atoms with Crippen LogP contribution in [0.3, 0.4) is 0 Å². The van der Waals surface area contributed by atoms with Crippen LogP contribution in [0, 0.1) is 6.92 Å². The lowest BCUT2D eigenvalue weighted by Gasteiger charge is -2.28. The van der Waals surface area contributed by atoms with Crippen molar-refractivity contribution in [3.63, 3.8) is 0 Å². The molecule has 0 spiro atoms. The Kier molecular flexibility index (Phi) is 9.39. The Morgan fingerprint density at radius 1 is 0.872 bits per heavy atom. The SMILES string of the molecule is CCN(CC)CCN1C(=O)C(=O)C(=C(O)c2ccccc2)C1c1ccc(OCCOc2ccccc2C)cc1. The van der Waals surface area contributed by atoms with Crippen molar-refractivity contribution in [2.24, 2.45) is 0 Å². The number of benzene rings is 3. The molecule has 1 N–H and O–H groups in total. The number of carbonyl (C=O) groups is 2. The van der Waals surface area contributed by atoms with Crippen LogP contribution >= 0.6 is 0 Å². The molecule has 3 aromatic rings. The van der Waals surface area contributed by atoms with E-state index in [1.165, 1.54) is 0 Å². The third kappa shape index (κ3) is 6.49. The van der Waals surface area contributed by atoms with Crippen LogP contribution in [0.1, 0.15) is 36.6 Å². The fourth-order valence-electron chi connectivity index (χ4n) is 4.77. The number of hydrogen-bond acceptors (Lipinski definition) is 6. The first-order valence-electron chi connectivity index (χ1n) is 13.4.